The van der Waals surface area contributed by atoms with Gasteiger partial charge in [-0.15, -0.1) is 0 Å². The Kier molecular flexibility index (Phi) is 2.68. The molecule has 21 heavy (non-hydrogen) atoms. The highest BCUT2D eigenvalue weighted by atomic mass is 32.2. The topological polar surface area (TPSA) is 91.4 Å². The lowest BCUT2D eigenvalue weighted by molar-refractivity contribution is -0.146. The molecule has 0 spiro atoms. The van der Waals surface area contributed by atoms with E-state index in [9.17, 15) is 13.2 Å². The molecule has 112 valence electrons. The van der Waals surface area contributed by atoms with Crippen LogP contribution in [0.1, 0.15) is 5.56 Å². The summed E-state index contributed by atoms with van der Waals surface area (Å²) in [6.07, 6.45) is -3.31. The van der Waals surface area contributed by atoms with E-state index in [-0.39, 0.29) is 11.0 Å². The third kappa shape index (κ3) is 2.06. The molecule has 0 unspecified atom stereocenters. The van der Waals surface area contributed by atoms with Gasteiger partial charge in [-0.1, -0.05) is 17.7 Å². The molecule has 0 saturated carbocycles. The predicted molar refractivity (Wildman–Crippen MR) is 66.7 cm³/mol. The molecule has 0 radical (unpaired) electrons. The van der Waals surface area contributed by atoms with Crippen molar-refractivity contribution in [2.75, 3.05) is 0 Å². The Morgan fingerprint density at radius 3 is 2.43 bits per heavy atom. The lowest BCUT2D eigenvalue weighted by Gasteiger charge is -2.15. The highest BCUT2D eigenvalue weighted by Gasteiger charge is 2.67. The molecular weight excluding hydrogens is 300 g/mol. The first-order valence-corrected chi connectivity index (χ1v) is 7.88. The van der Waals surface area contributed by atoms with Gasteiger partial charge in [-0.2, -0.15) is 8.42 Å². The third-order valence-electron chi connectivity index (χ3n) is 3.74. The van der Waals surface area contributed by atoms with Crippen LogP contribution in [0.4, 0.5) is 0 Å². The molecule has 5 atom stereocenters. The first-order valence-electron chi connectivity index (χ1n) is 6.47. The predicted octanol–water partition coefficient (Wildman–Crippen LogP) is 0.118. The molecule has 3 aliphatic rings. The summed E-state index contributed by atoms with van der Waals surface area (Å²) in [6, 6.07) is 6.17. The Balaban J connectivity index is 1.57. The molecule has 3 saturated heterocycles. The van der Waals surface area contributed by atoms with Gasteiger partial charge in [0.1, 0.15) is 6.10 Å². The van der Waals surface area contributed by atoms with Crippen LogP contribution in [-0.2, 0) is 33.3 Å². The van der Waals surface area contributed by atoms with Crippen molar-refractivity contribution in [2.24, 2.45) is 0 Å². The largest absolute Gasteiger partial charge is 0.454 e. The zero-order valence-corrected chi connectivity index (χ0v) is 11.8. The summed E-state index contributed by atoms with van der Waals surface area (Å²) in [6.45, 7) is 1.84. The van der Waals surface area contributed by atoms with Gasteiger partial charge >= 0.3 is 5.97 Å². The molecule has 7 nitrogen and oxygen atoms in total. The van der Waals surface area contributed by atoms with Gasteiger partial charge in [-0.25, -0.2) is 8.98 Å². The van der Waals surface area contributed by atoms with E-state index in [0.29, 0.717) is 0 Å². The number of esters is 1. The van der Waals surface area contributed by atoms with Crippen molar-refractivity contribution in [2.45, 2.75) is 42.5 Å². The SMILES string of the molecule is Cc1ccc(S(=O)(=O)O[C@@H]2C(=O)O[C@@H]3[C@@H]4O[C@H]4O[C@@H]32)cc1. The Bertz CT molecular complexity index is 696. The summed E-state index contributed by atoms with van der Waals surface area (Å²) in [5, 5.41) is 0. The zero-order chi connectivity index (χ0) is 14.8. The Morgan fingerprint density at radius 2 is 1.71 bits per heavy atom. The van der Waals surface area contributed by atoms with E-state index < -0.39 is 40.7 Å². The van der Waals surface area contributed by atoms with Crippen molar-refractivity contribution in [3.05, 3.63) is 29.8 Å². The fraction of sp³-hybridized carbons (Fsp3) is 0.462. The fourth-order valence-electron chi connectivity index (χ4n) is 2.57. The van der Waals surface area contributed by atoms with Crippen molar-refractivity contribution in [3.63, 3.8) is 0 Å². The van der Waals surface area contributed by atoms with Gasteiger partial charge < -0.3 is 14.2 Å². The first kappa shape index (κ1) is 13.2. The van der Waals surface area contributed by atoms with Crippen LogP contribution in [-0.4, -0.2) is 45.1 Å². The molecule has 3 heterocycles. The van der Waals surface area contributed by atoms with Gasteiger partial charge in [0.15, 0.2) is 18.5 Å². The Morgan fingerprint density at radius 1 is 1.05 bits per heavy atom. The average molecular weight is 312 g/mol. The van der Waals surface area contributed by atoms with Crippen molar-refractivity contribution < 1.29 is 31.6 Å². The van der Waals surface area contributed by atoms with E-state index in [1.165, 1.54) is 12.1 Å². The van der Waals surface area contributed by atoms with Crippen LogP contribution in [0.3, 0.4) is 0 Å². The molecule has 0 bridgehead atoms. The summed E-state index contributed by atoms with van der Waals surface area (Å²) >= 11 is 0. The monoisotopic (exact) mass is 312 g/mol. The highest BCUT2D eigenvalue weighted by Crippen LogP contribution is 2.44. The molecule has 1 aromatic carbocycles. The van der Waals surface area contributed by atoms with E-state index in [1.54, 1.807) is 12.1 Å². The minimum atomic E-state index is -4.06. The summed E-state index contributed by atoms with van der Waals surface area (Å²) in [5.74, 6) is -0.741. The van der Waals surface area contributed by atoms with Gasteiger partial charge in [0.05, 0.1) is 4.90 Å². The molecule has 0 aromatic heterocycles. The van der Waals surface area contributed by atoms with Gasteiger partial charge in [0.25, 0.3) is 10.1 Å². The molecule has 4 rings (SSSR count). The normalized spacial score (nSPS) is 37.0. The average Bonchev–Trinajstić information content (AvgIpc) is 3.03. The molecule has 0 amide bonds. The van der Waals surface area contributed by atoms with Gasteiger partial charge in [0, 0.05) is 0 Å². The summed E-state index contributed by atoms with van der Waals surface area (Å²) in [4.78, 5) is 11.8. The molecule has 3 fully saturated rings. The molecule has 8 heteroatoms. The lowest BCUT2D eigenvalue weighted by atomic mass is 10.1. The Labute approximate surface area is 120 Å². The van der Waals surface area contributed by atoms with Crippen LogP contribution in [0.2, 0.25) is 0 Å². The maximum atomic E-state index is 12.2. The van der Waals surface area contributed by atoms with E-state index in [1.807, 2.05) is 6.92 Å². The maximum absolute atomic E-state index is 12.2. The number of epoxide rings is 1. The van der Waals surface area contributed by atoms with Crippen LogP contribution >= 0.6 is 0 Å². The minimum Gasteiger partial charge on any atom is -0.454 e. The van der Waals surface area contributed by atoms with Crippen molar-refractivity contribution in [1.82, 2.24) is 0 Å². The number of hydrogen-bond donors (Lipinski definition) is 0. The van der Waals surface area contributed by atoms with Crippen LogP contribution in [0, 0.1) is 6.92 Å². The summed E-state index contributed by atoms with van der Waals surface area (Å²) in [5.41, 5.74) is 0.922. The zero-order valence-electron chi connectivity index (χ0n) is 11.0. The highest BCUT2D eigenvalue weighted by molar-refractivity contribution is 7.86. The smallest absolute Gasteiger partial charge is 0.340 e. The van der Waals surface area contributed by atoms with Crippen molar-refractivity contribution in [1.29, 1.82) is 0 Å². The van der Waals surface area contributed by atoms with E-state index in [4.69, 9.17) is 18.4 Å². The standard InChI is InChI=1S/C13H12O7S/c1-6-2-4-7(5-3-6)21(15,16)20-10-8-9(17-12(10)14)11-13(18-8)19-11/h2-5,8-11,13H,1H3/t8-,9-,10-,11-,13+/m0/s1. The van der Waals surface area contributed by atoms with Crippen LogP contribution in [0.15, 0.2) is 29.2 Å². The van der Waals surface area contributed by atoms with E-state index in [2.05, 4.69) is 0 Å². The van der Waals surface area contributed by atoms with Crippen molar-refractivity contribution >= 4 is 16.1 Å². The Hall–Kier alpha value is -1.48. The van der Waals surface area contributed by atoms with Crippen LogP contribution < -0.4 is 0 Å². The number of aryl methyl sites for hydroxylation is 1. The first-order chi connectivity index (χ1) is 9.95. The molecule has 1 aromatic rings. The van der Waals surface area contributed by atoms with Gasteiger partial charge in [0.2, 0.25) is 6.10 Å². The van der Waals surface area contributed by atoms with Crippen molar-refractivity contribution in [3.8, 4) is 0 Å². The summed E-state index contributed by atoms with van der Waals surface area (Å²) in [7, 11) is -4.06. The maximum Gasteiger partial charge on any atom is 0.340 e. The fourth-order valence-corrected chi connectivity index (χ4v) is 3.62. The van der Waals surface area contributed by atoms with Gasteiger partial charge in [-0.05, 0) is 19.1 Å². The number of hydrogen-bond acceptors (Lipinski definition) is 7. The lowest BCUT2D eigenvalue weighted by Crippen LogP contribution is -2.36. The molecular formula is C13H12O7S. The number of rotatable bonds is 3. The second-order valence-electron chi connectivity index (χ2n) is 5.26. The van der Waals surface area contributed by atoms with E-state index in [0.717, 1.165) is 5.56 Å². The minimum absolute atomic E-state index is 0.0104. The number of fused-ring (bicyclic) bond motifs is 3. The second-order valence-corrected chi connectivity index (χ2v) is 6.83. The molecule has 0 N–H and O–H groups in total. The number of ether oxygens (including phenoxy) is 3. The molecule has 3 aliphatic heterocycles. The second kappa shape index (κ2) is 4.26. The molecule has 0 aliphatic carbocycles. The number of carbonyl (C=O) groups is 1. The van der Waals surface area contributed by atoms with E-state index >= 15 is 0 Å². The van der Waals surface area contributed by atoms with Crippen LogP contribution in [0.25, 0.3) is 0 Å². The number of benzene rings is 1. The quantitative estimate of drug-likeness (QED) is 0.444. The van der Waals surface area contributed by atoms with Crippen LogP contribution in [0.5, 0.6) is 0 Å². The third-order valence-corrected chi connectivity index (χ3v) is 5.05. The number of carbonyl (C=O) groups excluding carboxylic acids is 1. The van der Waals surface area contributed by atoms with Gasteiger partial charge in [-0.3, -0.25) is 0 Å². The summed E-state index contributed by atoms with van der Waals surface area (Å²) < 4.78 is 45.0.